The van der Waals surface area contributed by atoms with Crippen LogP contribution in [-0.2, 0) is 6.54 Å². The van der Waals surface area contributed by atoms with E-state index in [0.29, 0.717) is 12.1 Å². The molecule has 0 saturated carbocycles. The highest BCUT2D eigenvalue weighted by atomic mass is 19.2. The Balaban J connectivity index is 2.02. The number of methoxy groups -OCH3 is 1. The van der Waals surface area contributed by atoms with E-state index >= 15 is 0 Å². The Morgan fingerprint density at radius 3 is 2.38 bits per heavy atom. The number of halogens is 3. The van der Waals surface area contributed by atoms with Gasteiger partial charge in [0, 0.05) is 12.6 Å². The van der Waals surface area contributed by atoms with Crippen LogP contribution in [0, 0.1) is 17.5 Å². The Morgan fingerprint density at radius 2 is 1.76 bits per heavy atom. The summed E-state index contributed by atoms with van der Waals surface area (Å²) in [7, 11) is 1.41. The average Bonchev–Trinajstić information content (AvgIpc) is 2.48. The number of hydrogen-bond donors (Lipinski definition) is 1. The Hall–Kier alpha value is -2.01. The van der Waals surface area contributed by atoms with Gasteiger partial charge in [0.1, 0.15) is 0 Å². The van der Waals surface area contributed by atoms with Gasteiger partial charge in [-0.15, -0.1) is 0 Å². The van der Waals surface area contributed by atoms with Crippen molar-refractivity contribution in [2.24, 2.45) is 0 Å². The summed E-state index contributed by atoms with van der Waals surface area (Å²) >= 11 is 0. The predicted octanol–water partition coefficient (Wildman–Crippen LogP) is 3.96. The van der Waals surface area contributed by atoms with E-state index in [1.165, 1.54) is 19.2 Å². The van der Waals surface area contributed by atoms with Crippen LogP contribution in [0.5, 0.6) is 5.75 Å². The van der Waals surface area contributed by atoms with Gasteiger partial charge >= 0.3 is 0 Å². The first-order valence-electron chi connectivity index (χ1n) is 6.52. The molecular formula is C16H16F3NO. The number of ether oxygens (including phenoxy) is 1. The second-order valence-corrected chi connectivity index (χ2v) is 4.75. The van der Waals surface area contributed by atoms with Crippen molar-refractivity contribution in [1.82, 2.24) is 5.32 Å². The molecule has 0 aliphatic heterocycles. The van der Waals surface area contributed by atoms with Crippen LogP contribution >= 0.6 is 0 Å². The van der Waals surface area contributed by atoms with Gasteiger partial charge in [-0.2, -0.15) is 0 Å². The Morgan fingerprint density at radius 1 is 1.00 bits per heavy atom. The van der Waals surface area contributed by atoms with Crippen molar-refractivity contribution in [2.45, 2.75) is 19.5 Å². The van der Waals surface area contributed by atoms with Gasteiger partial charge in [-0.25, -0.2) is 13.2 Å². The Bertz CT molecular complexity index is 631. The van der Waals surface area contributed by atoms with Crippen LogP contribution in [0.15, 0.2) is 36.4 Å². The zero-order valence-corrected chi connectivity index (χ0v) is 11.8. The second kappa shape index (κ2) is 6.63. The molecule has 0 aliphatic rings. The van der Waals surface area contributed by atoms with Gasteiger partial charge in [-0.3, -0.25) is 0 Å². The summed E-state index contributed by atoms with van der Waals surface area (Å²) < 4.78 is 44.4. The van der Waals surface area contributed by atoms with Crippen LogP contribution in [0.1, 0.15) is 24.1 Å². The summed E-state index contributed by atoms with van der Waals surface area (Å²) in [5, 5.41) is 3.13. The molecule has 0 fully saturated rings. The lowest BCUT2D eigenvalue weighted by molar-refractivity contribution is 0.385. The summed E-state index contributed by atoms with van der Waals surface area (Å²) in [6.45, 7) is 2.22. The van der Waals surface area contributed by atoms with E-state index in [0.717, 1.165) is 17.7 Å². The van der Waals surface area contributed by atoms with E-state index in [2.05, 4.69) is 5.32 Å². The number of rotatable bonds is 5. The summed E-state index contributed by atoms with van der Waals surface area (Å²) in [4.78, 5) is 0. The van der Waals surface area contributed by atoms with Crippen LogP contribution in [-0.4, -0.2) is 7.11 Å². The molecule has 112 valence electrons. The first-order valence-corrected chi connectivity index (χ1v) is 6.52. The minimum absolute atomic E-state index is 0.140. The number of hydrogen-bond acceptors (Lipinski definition) is 2. The van der Waals surface area contributed by atoms with E-state index in [4.69, 9.17) is 4.74 Å². The topological polar surface area (TPSA) is 21.3 Å². The number of nitrogens with one attached hydrogen (secondary N) is 1. The van der Waals surface area contributed by atoms with Crippen LogP contribution < -0.4 is 10.1 Å². The summed E-state index contributed by atoms with van der Waals surface area (Å²) in [6.07, 6.45) is 0. The normalized spacial score (nSPS) is 12.2. The predicted molar refractivity (Wildman–Crippen MR) is 74.6 cm³/mol. The van der Waals surface area contributed by atoms with E-state index in [1.54, 1.807) is 12.1 Å². The largest absolute Gasteiger partial charge is 0.494 e. The highest BCUT2D eigenvalue weighted by molar-refractivity contribution is 5.31. The van der Waals surface area contributed by atoms with Gasteiger partial charge < -0.3 is 10.1 Å². The smallest absolute Gasteiger partial charge is 0.165 e. The highest BCUT2D eigenvalue weighted by Gasteiger charge is 2.10. The molecular weight excluding hydrogens is 279 g/mol. The fourth-order valence-electron chi connectivity index (χ4n) is 1.99. The fraction of sp³-hybridized carbons (Fsp3) is 0.250. The molecule has 0 amide bonds. The molecule has 2 aromatic carbocycles. The van der Waals surface area contributed by atoms with Gasteiger partial charge in [0.2, 0.25) is 0 Å². The molecule has 2 nitrogen and oxygen atoms in total. The van der Waals surface area contributed by atoms with Gasteiger partial charge in [0.15, 0.2) is 23.2 Å². The van der Waals surface area contributed by atoms with Crippen molar-refractivity contribution in [3.05, 3.63) is 65.0 Å². The first kappa shape index (κ1) is 15.4. The van der Waals surface area contributed by atoms with Crippen molar-refractivity contribution in [3.8, 4) is 5.75 Å². The summed E-state index contributed by atoms with van der Waals surface area (Å²) in [5.74, 6) is -2.00. The van der Waals surface area contributed by atoms with E-state index in [-0.39, 0.29) is 11.8 Å². The molecule has 2 aromatic rings. The molecule has 0 aliphatic carbocycles. The molecule has 0 radical (unpaired) electrons. The molecule has 2 rings (SSSR count). The zero-order chi connectivity index (χ0) is 15.4. The van der Waals surface area contributed by atoms with E-state index < -0.39 is 17.5 Å². The summed E-state index contributed by atoms with van der Waals surface area (Å²) in [5.41, 5.74) is 1.37. The molecule has 0 heterocycles. The molecule has 1 N–H and O–H groups in total. The van der Waals surface area contributed by atoms with E-state index in [1.807, 2.05) is 6.92 Å². The molecule has 1 atom stereocenters. The fourth-order valence-corrected chi connectivity index (χ4v) is 1.99. The first-order chi connectivity index (χ1) is 10.0. The van der Waals surface area contributed by atoms with Gasteiger partial charge in [0.25, 0.3) is 0 Å². The molecule has 0 bridgehead atoms. The molecule has 21 heavy (non-hydrogen) atoms. The van der Waals surface area contributed by atoms with Crippen molar-refractivity contribution in [1.29, 1.82) is 0 Å². The van der Waals surface area contributed by atoms with Crippen molar-refractivity contribution >= 4 is 0 Å². The lowest BCUT2D eigenvalue weighted by atomic mass is 10.1. The lowest BCUT2D eigenvalue weighted by Gasteiger charge is -2.15. The monoisotopic (exact) mass is 295 g/mol. The molecule has 0 spiro atoms. The maximum Gasteiger partial charge on any atom is 0.165 e. The third-order valence-corrected chi connectivity index (χ3v) is 3.27. The third kappa shape index (κ3) is 3.76. The molecule has 1 unspecified atom stereocenters. The standard InChI is InChI=1S/C16H16F3NO/c1-10(12-4-6-16(21-2)15(19)8-12)20-9-11-3-5-13(17)14(18)7-11/h3-8,10,20H,9H2,1-2H3. The van der Waals surface area contributed by atoms with Crippen molar-refractivity contribution in [2.75, 3.05) is 7.11 Å². The quantitative estimate of drug-likeness (QED) is 0.901. The Kier molecular flexibility index (Phi) is 4.85. The zero-order valence-electron chi connectivity index (χ0n) is 11.8. The minimum atomic E-state index is -0.877. The van der Waals surface area contributed by atoms with Gasteiger partial charge in [-0.1, -0.05) is 12.1 Å². The summed E-state index contributed by atoms with van der Waals surface area (Å²) in [6, 6.07) is 8.30. The molecule has 0 saturated heterocycles. The van der Waals surface area contributed by atoms with Crippen LogP contribution in [0.3, 0.4) is 0 Å². The van der Waals surface area contributed by atoms with Crippen molar-refractivity contribution in [3.63, 3.8) is 0 Å². The van der Waals surface area contributed by atoms with Crippen LogP contribution in [0.2, 0.25) is 0 Å². The second-order valence-electron chi connectivity index (χ2n) is 4.75. The SMILES string of the molecule is COc1ccc(C(C)NCc2ccc(F)c(F)c2)cc1F. The molecule has 0 aromatic heterocycles. The maximum absolute atomic E-state index is 13.6. The Labute approximate surface area is 121 Å². The lowest BCUT2D eigenvalue weighted by Crippen LogP contribution is -2.18. The van der Waals surface area contributed by atoms with Crippen LogP contribution in [0.4, 0.5) is 13.2 Å². The van der Waals surface area contributed by atoms with Crippen LogP contribution in [0.25, 0.3) is 0 Å². The van der Waals surface area contributed by atoms with Gasteiger partial charge in [-0.05, 0) is 42.3 Å². The molecule has 5 heteroatoms. The third-order valence-electron chi connectivity index (χ3n) is 3.27. The highest BCUT2D eigenvalue weighted by Crippen LogP contribution is 2.22. The number of benzene rings is 2. The maximum atomic E-state index is 13.6. The average molecular weight is 295 g/mol. The van der Waals surface area contributed by atoms with E-state index in [9.17, 15) is 13.2 Å². The van der Waals surface area contributed by atoms with Gasteiger partial charge in [0.05, 0.1) is 7.11 Å². The van der Waals surface area contributed by atoms with Crippen molar-refractivity contribution < 1.29 is 17.9 Å². The minimum Gasteiger partial charge on any atom is -0.494 e.